The Morgan fingerprint density at radius 1 is 0.384 bits per heavy atom. The van der Waals surface area contributed by atoms with E-state index in [4.69, 9.17) is 39.2 Å². The van der Waals surface area contributed by atoms with Crippen molar-refractivity contribution < 1.29 is 54.4 Å². The summed E-state index contributed by atoms with van der Waals surface area (Å²) < 4.78 is 86.1. The van der Waals surface area contributed by atoms with Gasteiger partial charge in [0.05, 0.1) is 22.0 Å². The first-order valence-electron chi connectivity index (χ1n) is 48.2. The summed E-state index contributed by atoms with van der Waals surface area (Å²) in [5, 5.41) is 73.4. The molecule has 8 atom stereocenters. The lowest BCUT2D eigenvalue weighted by atomic mass is 9.94. The fourth-order valence-corrected chi connectivity index (χ4v) is 20.9. The molecule has 10 aromatic rings. The van der Waals surface area contributed by atoms with Crippen molar-refractivity contribution in [2.45, 2.75) is 149 Å². The number of carbonyl (C=O) groups excluding carboxylic acids is 6. The summed E-state index contributed by atoms with van der Waals surface area (Å²) in [4.78, 5) is 85.9. The molecule has 1 saturated carbocycles. The number of aryl methyl sites for hydroxylation is 3. The number of nitriles is 5. The quantitative estimate of drug-likeness (QED) is 0.0225. The van der Waals surface area contributed by atoms with Crippen molar-refractivity contribution >= 4 is 61.4 Å². The number of hydrogen-bond acceptors (Lipinski definition) is 24. The molecule has 18 rings (SSSR count). The Morgan fingerprint density at radius 3 is 1.18 bits per heavy atom. The molecule has 8 aliphatic rings. The number of carbonyl (C=O) groups is 6. The first-order valence-corrected chi connectivity index (χ1v) is 51.2. The van der Waals surface area contributed by atoms with E-state index in [1.54, 1.807) is 81.2 Å². The van der Waals surface area contributed by atoms with Crippen LogP contribution in [0.4, 0.5) is 19.4 Å². The van der Waals surface area contributed by atoms with E-state index in [0.29, 0.717) is 131 Å². The van der Waals surface area contributed by atoms with Crippen molar-refractivity contribution in [2.24, 2.45) is 14.1 Å². The van der Waals surface area contributed by atoms with Gasteiger partial charge in [-0.15, -0.1) is 0 Å². The number of terminal acetylenes is 2. The van der Waals surface area contributed by atoms with E-state index in [0.717, 1.165) is 121 Å². The van der Waals surface area contributed by atoms with Crippen LogP contribution in [-0.2, 0) is 34.1 Å². The van der Waals surface area contributed by atoms with Gasteiger partial charge in [0, 0.05) is 211 Å². The number of aromatic nitrogens is 4. The van der Waals surface area contributed by atoms with Crippen molar-refractivity contribution in [1.82, 2.24) is 95.2 Å². The number of piperidine rings is 1. The van der Waals surface area contributed by atoms with Crippen LogP contribution in [0.3, 0.4) is 0 Å². The minimum atomic E-state index is -3.75. The highest BCUT2D eigenvalue weighted by Crippen LogP contribution is 2.33. The Bertz CT molecular complexity index is 6810. The molecule has 0 spiro atoms. The zero-order valence-electron chi connectivity index (χ0n) is 81.5. The minimum Gasteiger partial charge on any atom is -0.347 e. The van der Waals surface area contributed by atoms with Crippen LogP contribution < -0.4 is 46.7 Å². The number of nitrogens with zero attached hydrogens (tertiary/aromatic N) is 16. The smallest absolute Gasteiger partial charge is 0.320 e. The van der Waals surface area contributed by atoms with Crippen LogP contribution >= 0.6 is 0 Å². The summed E-state index contributed by atoms with van der Waals surface area (Å²) in [6.45, 7) is 12.0. The van der Waals surface area contributed by atoms with Crippen molar-refractivity contribution in [3.63, 3.8) is 0 Å². The molecule has 0 bridgehead atoms. The third-order valence-electron chi connectivity index (χ3n) is 26.2. The number of likely N-dealkylation sites (tertiary alicyclic amines) is 7. The monoisotopic (exact) mass is 2010 g/mol. The number of nitrogens with one attached hydrogen (secondary N) is 9. The van der Waals surface area contributed by atoms with Crippen LogP contribution in [0.1, 0.15) is 145 Å². The fraction of sp³-hybridized carbons (Fsp3) is 0.355. The molecular weight excluding hydrogens is 1900 g/mol. The number of amides is 7. The molecule has 0 radical (unpaired) electrons. The Morgan fingerprint density at radius 2 is 0.774 bits per heavy atom. The van der Waals surface area contributed by atoms with Crippen molar-refractivity contribution in [3.8, 4) is 89.4 Å². The van der Waals surface area contributed by atoms with Crippen LogP contribution in [-0.4, -0.2) is 246 Å². The maximum Gasteiger partial charge on any atom is 0.320 e. The van der Waals surface area contributed by atoms with Crippen LogP contribution in [0.2, 0.25) is 0 Å². The molecule has 7 amide bonds. The lowest BCUT2D eigenvalue weighted by Crippen LogP contribution is -2.46. The number of benzene rings is 8. The number of halogens is 2. The van der Waals surface area contributed by atoms with E-state index in [1.807, 2.05) is 161 Å². The van der Waals surface area contributed by atoms with Gasteiger partial charge in [-0.1, -0.05) is 147 Å². The summed E-state index contributed by atoms with van der Waals surface area (Å²) in [7, 11) is -3.81. The molecule has 8 fully saturated rings. The molecular formula is C107H117F2N25O10S2. The third kappa shape index (κ3) is 29.9. The Kier molecular flexibility index (Phi) is 37.4. The summed E-state index contributed by atoms with van der Waals surface area (Å²) >= 11 is 0. The maximum absolute atomic E-state index is 13.8. The number of urea groups is 1. The third-order valence-corrected chi connectivity index (χ3v) is 29.3. The summed E-state index contributed by atoms with van der Waals surface area (Å²) in [5.41, 5.74) is 11.1. The molecule has 9 N–H and O–H groups in total. The van der Waals surface area contributed by atoms with E-state index in [1.165, 1.54) is 30.3 Å². The van der Waals surface area contributed by atoms with E-state index in [-0.39, 0.29) is 99.1 Å². The minimum absolute atomic E-state index is 0.0158. The highest BCUT2D eigenvalue weighted by Gasteiger charge is 2.37. The molecule has 6 unspecified atom stereocenters. The van der Waals surface area contributed by atoms with Crippen LogP contribution in [0.5, 0.6) is 0 Å². The zero-order chi connectivity index (χ0) is 104. The van der Waals surface area contributed by atoms with Crippen molar-refractivity contribution in [3.05, 3.63) is 269 Å². The second kappa shape index (κ2) is 51.0. The molecule has 2 aromatic heterocycles. The van der Waals surface area contributed by atoms with Gasteiger partial charge in [-0.3, -0.25) is 38.7 Å². The lowest BCUT2D eigenvalue weighted by Gasteiger charge is -2.29. The maximum atomic E-state index is 13.8. The molecule has 35 nitrogen and oxygen atoms in total. The van der Waals surface area contributed by atoms with E-state index < -0.39 is 37.7 Å². The summed E-state index contributed by atoms with van der Waals surface area (Å²) in [6, 6.07) is 62.6. The summed E-state index contributed by atoms with van der Waals surface area (Å²) in [5.74, 6) is -2.48. The normalized spacial score (nSPS) is 19.2. The zero-order valence-corrected chi connectivity index (χ0v) is 83.2. The van der Waals surface area contributed by atoms with E-state index >= 15 is 0 Å². The number of anilines is 1. The van der Waals surface area contributed by atoms with Gasteiger partial charge < -0.3 is 66.2 Å². The average Bonchev–Trinajstić information content (AvgIpc) is 1.65. The van der Waals surface area contributed by atoms with Crippen LogP contribution in [0.25, 0.3) is 33.5 Å². The molecule has 7 saturated heterocycles. The van der Waals surface area contributed by atoms with Crippen molar-refractivity contribution in [2.75, 3.05) is 96.9 Å². The predicted molar refractivity (Wildman–Crippen MR) is 545 cm³/mol. The first-order chi connectivity index (χ1) is 70.3. The Hall–Kier alpha value is -16.4. The largest absolute Gasteiger partial charge is 0.347 e. The number of rotatable bonds is 22. The topological polar surface area (TPSA) is 456 Å². The van der Waals surface area contributed by atoms with E-state index in [9.17, 15) is 54.4 Å². The molecule has 1 aliphatic carbocycles. The van der Waals surface area contributed by atoms with Gasteiger partial charge in [0.2, 0.25) is 20.0 Å². The molecule has 9 heterocycles. The second-order valence-electron chi connectivity index (χ2n) is 36.8. The molecule has 39 heteroatoms. The average molecular weight is 2020 g/mol. The second-order valence-corrected chi connectivity index (χ2v) is 40.3. The fourth-order valence-electron chi connectivity index (χ4n) is 18.3. The number of hydrogen-bond donors (Lipinski definition) is 9. The standard InChI is InChI=1S/C22H23F2N7O.C19H19N3O.C18H21N5O3S.C18H17N3O.C17H22N4O3S.C13H15N3O/c1-5-31-11-16(14-6-7-17(23)18(24)8-14)19(12-31)26-22(32)27-21-13(2)20(28-30(21)4)15-9-25-29(3)10-15;20-14-22-12-4-7-18(13-22)21-19(23)17-10-8-16(9-11-17)15-5-2-1-3-6-15;1-2-22-8-7-16(12-22)21-27(25,26)17-5-3-4-14(10-17)18(24)20-15-6-9-23(11-15)13-19;19-13-21-11-10-17(12-21)20-18(22)16-8-6-15(7-9-16)14-4-2-1-3-5-14;18-12-21-9-8-15(11-21)19-17(22)13-4-3-7-16(10-13)25(23,24)20-14-5-1-2-6-14;1-10-2-4-11(5-3-10)13(17)15-12-6-7-16(8-12)9-14/h1,6-10,16,19H,11-12H2,2-4H3,(H2,26,27,32);1-3,5-6,8-11,18H,4,7,12-13H2,(H,21,23);1,3-5,10,15-16,21H,6-9,11-12H2,(H,20,24);1-9,17H,10-12H2,(H,20,22);3-4,7,10,14-15,20H,1-2,5-6,8-9,11H2,(H,19,22);2-5,12H,6-8H2,1H3,(H,15,17)/t16?,19-;;15?,16-;;;/m1.1.../s1. The van der Waals surface area contributed by atoms with Gasteiger partial charge in [-0.2, -0.15) is 36.5 Å². The van der Waals surface area contributed by atoms with Crippen molar-refractivity contribution in [1.29, 1.82) is 26.3 Å². The first kappa shape index (κ1) is 107. The van der Waals surface area contributed by atoms with E-state index in [2.05, 4.69) is 99.9 Å². The van der Waals surface area contributed by atoms with Crippen LogP contribution in [0.15, 0.2) is 222 Å². The molecule has 146 heavy (non-hydrogen) atoms. The molecule has 8 aromatic carbocycles. The van der Waals surface area contributed by atoms with Gasteiger partial charge in [0.1, 0.15) is 11.5 Å². The van der Waals surface area contributed by atoms with Gasteiger partial charge in [-0.25, -0.2) is 39.9 Å². The Balaban J connectivity index is 0.000000148. The van der Waals surface area contributed by atoms with Gasteiger partial charge in [0.15, 0.2) is 42.6 Å². The summed E-state index contributed by atoms with van der Waals surface area (Å²) in [6.07, 6.45) is 34.3. The van der Waals surface area contributed by atoms with Gasteiger partial charge in [-0.05, 0) is 184 Å². The highest BCUT2D eigenvalue weighted by molar-refractivity contribution is 7.89. The van der Waals surface area contributed by atoms with Gasteiger partial charge >= 0.3 is 6.03 Å². The van der Waals surface area contributed by atoms with Gasteiger partial charge in [0.25, 0.3) is 29.5 Å². The highest BCUT2D eigenvalue weighted by atomic mass is 32.2. The molecule has 756 valence electrons. The number of sulfonamides is 2. The molecule has 7 aliphatic heterocycles. The SMILES string of the molecule is C#CN1CC(c2ccc(F)c(F)c2)[C@H](NC(=O)Nc2c(C)c(-c3cnn(C)c3)nn2C)C1.C#CN1CC[C@@H](NS(=O)(=O)c2cccc(C(=O)NC3CCN(C#N)C3)c2)C1.Cc1ccc(C(=O)NC2CCN(C#N)C2)cc1.N#CN1CCC(NC(=O)c2ccc(-c3ccccc3)cc2)C1.N#CN1CCC(NC(=O)c2cccc(S(=O)(=O)NC3CCCC3)c2)C1.N#CN1CCCC(NC(=O)c2ccc(-c3ccccc3)cc2)C1. The Labute approximate surface area is 850 Å². The van der Waals surface area contributed by atoms with Crippen LogP contribution in [0, 0.1) is 108 Å². The predicted octanol–water partition coefficient (Wildman–Crippen LogP) is 10.6. The lowest BCUT2D eigenvalue weighted by molar-refractivity contribution is 0.0912.